The normalized spacial score (nSPS) is 12.0. The highest BCUT2D eigenvalue weighted by Crippen LogP contribution is 2.14. The van der Waals surface area contributed by atoms with Gasteiger partial charge in [-0.05, 0) is 45.2 Å². The molecule has 0 aliphatic carbocycles. The fourth-order valence-corrected chi connectivity index (χ4v) is 2.22. The molecule has 0 saturated heterocycles. The molecule has 0 unspecified atom stereocenters. The fraction of sp³-hybridized carbons (Fsp3) is 0.353. The van der Waals surface area contributed by atoms with E-state index in [1.807, 2.05) is 12.4 Å². The molecule has 100 valence electrons. The van der Waals surface area contributed by atoms with E-state index in [0.717, 1.165) is 24.9 Å². The lowest BCUT2D eigenvalue weighted by atomic mass is 10.1. The first-order valence-electron chi connectivity index (χ1n) is 6.86. The Morgan fingerprint density at radius 2 is 2.11 bits per heavy atom. The Bertz CT molecular complexity index is 590. The van der Waals surface area contributed by atoms with Crippen LogP contribution in [0.2, 0.25) is 0 Å². The zero-order valence-corrected chi connectivity index (χ0v) is 11.9. The second-order valence-corrected chi connectivity index (χ2v) is 5.26. The second kappa shape index (κ2) is 6.37. The topological polar surface area (TPSA) is 17.8 Å². The summed E-state index contributed by atoms with van der Waals surface area (Å²) < 4.78 is 2.21. The van der Waals surface area contributed by atoms with E-state index in [1.165, 1.54) is 23.1 Å². The first kappa shape index (κ1) is 13.6. The quantitative estimate of drug-likeness (QED) is 0.538. The van der Waals surface area contributed by atoms with Crippen LogP contribution in [-0.2, 0) is 6.54 Å². The van der Waals surface area contributed by atoms with Crippen LogP contribution < -0.4 is 0 Å². The number of hydrogen-bond acceptors (Lipinski definition) is 1. The van der Waals surface area contributed by atoms with Gasteiger partial charge in [-0.25, -0.2) is 4.98 Å². The molecule has 0 atom stereocenters. The Hall–Kier alpha value is -1.83. The lowest BCUT2D eigenvalue weighted by Crippen LogP contribution is -1.97. The van der Waals surface area contributed by atoms with Crippen LogP contribution in [-0.4, -0.2) is 9.55 Å². The Labute approximate surface area is 115 Å². The van der Waals surface area contributed by atoms with Crippen LogP contribution in [0.1, 0.15) is 33.1 Å². The number of benzene rings is 1. The maximum absolute atomic E-state index is 4.42. The van der Waals surface area contributed by atoms with E-state index in [1.54, 1.807) is 0 Å². The van der Waals surface area contributed by atoms with Gasteiger partial charge < -0.3 is 4.57 Å². The van der Waals surface area contributed by atoms with Crippen molar-refractivity contribution < 1.29 is 0 Å². The fourth-order valence-electron chi connectivity index (χ4n) is 2.22. The van der Waals surface area contributed by atoms with Gasteiger partial charge in [0.1, 0.15) is 0 Å². The van der Waals surface area contributed by atoms with Gasteiger partial charge in [-0.3, -0.25) is 0 Å². The average molecular weight is 254 g/mol. The Morgan fingerprint density at radius 3 is 2.89 bits per heavy atom. The van der Waals surface area contributed by atoms with Crippen molar-refractivity contribution in [3.8, 4) is 0 Å². The molecule has 0 amide bonds. The third-order valence-electron chi connectivity index (χ3n) is 3.25. The third kappa shape index (κ3) is 3.82. The van der Waals surface area contributed by atoms with E-state index in [2.05, 4.69) is 54.3 Å². The van der Waals surface area contributed by atoms with Gasteiger partial charge >= 0.3 is 0 Å². The lowest BCUT2D eigenvalue weighted by molar-refractivity contribution is 0.783. The van der Waals surface area contributed by atoms with E-state index in [4.69, 9.17) is 0 Å². The van der Waals surface area contributed by atoms with Gasteiger partial charge in [0.2, 0.25) is 0 Å². The van der Waals surface area contributed by atoms with Crippen LogP contribution >= 0.6 is 0 Å². The summed E-state index contributed by atoms with van der Waals surface area (Å²) in [7, 11) is 0. The van der Waals surface area contributed by atoms with Crippen LogP contribution in [0, 0.1) is 0 Å². The summed E-state index contributed by atoms with van der Waals surface area (Å²) in [6, 6.07) is 8.26. The predicted molar refractivity (Wildman–Crippen MR) is 82.2 cm³/mol. The van der Waals surface area contributed by atoms with Crippen molar-refractivity contribution in [2.75, 3.05) is 0 Å². The summed E-state index contributed by atoms with van der Waals surface area (Å²) in [5.74, 6) is 0. The molecule has 1 aromatic carbocycles. The average Bonchev–Trinajstić information content (AvgIpc) is 2.78. The van der Waals surface area contributed by atoms with Crippen molar-refractivity contribution >= 4 is 11.0 Å². The minimum atomic E-state index is 0.924. The molecule has 0 saturated carbocycles. The van der Waals surface area contributed by atoms with Gasteiger partial charge in [0, 0.05) is 6.54 Å². The Balaban J connectivity index is 1.96. The van der Waals surface area contributed by atoms with Gasteiger partial charge in [0.05, 0.1) is 17.4 Å². The monoisotopic (exact) mass is 254 g/mol. The van der Waals surface area contributed by atoms with Crippen molar-refractivity contribution in [2.24, 2.45) is 0 Å². The number of allylic oxidation sites excluding steroid dienone is 3. The molecule has 19 heavy (non-hydrogen) atoms. The van der Waals surface area contributed by atoms with Crippen LogP contribution in [0.25, 0.3) is 11.0 Å². The van der Waals surface area contributed by atoms with E-state index < -0.39 is 0 Å². The highest BCUT2D eigenvalue weighted by atomic mass is 15.0. The first-order chi connectivity index (χ1) is 9.16. The highest BCUT2D eigenvalue weighted by Gasteiger charge is 2.01. The van der Waals surface area contributed by atoms with E-state index >= 15 is 0 Å². The maximum atomic E-state index is 4.42. The third-order valence-corrected chi connectivity index (χ3v) is 3.25. The predicted octanol–water partition coefficient (Wildman–Crippen LogP) is 4.73. The van der Waals surface area contributed by atoms with Crippen LogP contribution in [0.3, 0.4) is 0 Å². The number of rotatable bonds is 6. The molecule has 2 nitrogen and oxygen atoms in total. The molecule has 0 spiro atoms. The maximum Gasteiger partial charge on any atom is 0.0961 e. The van der Waals surface area contributed by atoms with Gasteiger partial charge in [-0.2, -0.15) is 0 Å². The standard InChI is InChI=1S/C17H22N2/c1-14(2)8-4-5-9-15(3)12-19-13-18-16-10-6-7-11-17(16)19/h6-7,9-11,13H,1,4-5,8,12H2,2-3H3/b15-9+. The second-order valence-electron chi connectivity index (χ2n) is 5.26. The van der Waals surface area contributed by atoms with Crippen molar-refractivity contribution in [3.05, 3.63) is 54.4 Å². The number of unbranched alkanes of at least 4 members (excludes halogenated alkanes) is 1. The molecule has 2 heteroatoms. The smallest absolute Gasteiger partial charge is 0.0961 e. The minimum absolute atomic E-state index is 0.924. The van der Waals surface area contributed by atoms with Crippen molar-refractivity contribution in [1.29, 1.82) is 0 Å². The van der Waals surface area contributed by atoms with Crippen molar-refractivity contribution in [3.63, 3.8) is 0 Å². The highest BCUT2D eigenvalue weighted by molar-refractivity contribution is 5.74. The molecular formula is C17H22N2. The van der Waals surface area contributed by atoms with Gasteiger partial charge in [-0.1, -0.05) is 29.4 Å². The summed E-state index contributed by atoms with van der Waals surface area (Å²) in [6.07, 6.45) is 7.70. The molecule has 2 aromatic rings. The molecule has 0 N–H and O–H groups in total. The molecule has 0 bridgehead atoms. The van der Waals surface area contributed by atoms with Crippen molar-refractivity contribution in [2.45, 2.75) is 39.7 Å². The van der Waals surface area contributed by atoms with E-state index in [0.29, 0.717) is 0 Å². The van der Waals surface area contributed by atoms with E-state index in [-0.39, 0.29) is 0 Å². The molecular weight excluding hydrogens is 232 g/mol. The number of nitrogens with zero attached hydrogens (tertiary/aromatic N) is 2. The molecule has 2 rings (SSSR count). The lowest BCUT2D eigenvalue weighted by Gasteiger charge is -2.05. The summed E-state index contributed by atoms with van der Waals surface area (Å²) in [5.41, 5.74) is 4.94. The van der Waals surface area contributed by atoms with Crippen molar-refractivity contribution in [1.82, 2.24) is 9.55 Å². The Morgan fingerprint density at radius 1 is 1.32 bits per heavy atom. The number of fused-ring (bicyclic) bond motifs is 1. The first-order valence-corrected chi connectivity index (χ1v) is 6.86. The largest absolute Gasteiger partial charge is 0.326 e. The van der Waals surface area contributed by atoms with Crippen LogP contribution in [0.4, 0.5) is 0 Å². The number of imidazole rings is 1. The van der Waals surface area contributed by atoms with Gasteiger partial charge in [-0.15, -0.1) is 6.58 Å². The number of para-hydroxylation sites is 2. The van der Waals surface area contributed by atoms with Crippen LogP contribution in [0.15, 0.2) is 54.4 Å². The molecule has 0 radical (unpaired) electrons. The zero-order chi connectivity index (χ0) is 13.7. The van der Waals surface area contributed by atoms with Crippen LogP contribution in [0.5, 0.6) is 0 Å². The molecule has 1 heterocycles. The molecule has 0 aliphatic heterocycles. The molecule has 0 aliphatic rings. The minimum Gasteiger partial charge on any atom is -0.326 e. The SMILES string of the molecule is C=C(C)CCC/C=C(\C)Cn1cnc2ccccc21. The summed E-state index contributed by atoms with van der Waals surface area (Å²) in [4.78, 5) is 4.42. The molecule has 0 fully saturated rings. The number of aromatic nitrogens is 2. The Kier molecular flexibility index (Phi) is 4.56. The van der Waals surface area contributed by atoms with Gasteiger partial charge in [0.25, 0.3) is 0 Å². The summed E-state index contributed by atoms with van der Waals surface area (Å²) in [5, 5.41) is 0. The van der Waals surface area contributed by atoms with E-state index in [9.17, 15) is 0 Å². The summed E-state index contributed by atoms with van der Waals surface area (Å²) in [6.45, 7) is 9.14. The number of hydrogen-bond donors (Lipinski definition) is 0. The molecule has 1 aromatic heterocycles. The zero-order valence-electron chi connectivity index (χ0n) is 11.9. The summed E-state index contributed by atoms with van der Waals surface area (Å²) >= 11 is 0. The van der Waals surface area contributed by atoms with Gasteiger partial charge in [0.15, 0.2) is 0 Å².